The largest absolute Gasteiger partial charge is 0.347 e. The van der Waals surface area contributed by atoms with Gasteiger partial charge in [-0.3, -0.25) is 4.79 Å². The Bertz CT molecular complexity index is 618. The minimum absolute atomic E-state index is 0.0962. The quantitative estimate of drug-likeness (QED) is 0.942. The molecular weight excluding hydrogens is 282 g/mol. The Balaban J connectivity index is 1.72. The molecule has 0 saturated heterocycles. The summed E-state index contributed by atoms with van der Waals surface area (Å²) in [6.45, 7) is 2.78. The number of nitrogens with one attached hydrogen (secondary N) is 1. The fraction of sp³-hybridized carbons (Fsp3) is 0.500. The second kappa shape index (κ2) is 6.02. The first-order valence-electron chi connectivity index (χ1n) is 7.52. The van der Waals surface area contributed by atoms with E-state index < -0.39 is 0 Å². The number of rotatable bonds is 4. The molecule has 21 heavy (non-hydrogen) atoms. The van der Waals surface area contributed by atoms with Gasteiger partial charge in [0.2, 0.25) is 0 Å². The van der Waals surface area contributed by atoms with Gasteiger partial charge < -0.3 is 9.88 Å². The van der Waals surface area contributed by atoms with Gasteiger partial charge in [0.15, 0.2) is 0 Å². The number of carbonyl (C=O) groups excluding carboxylic acids is 1. The van der Waals surface area contributed by atoms with Crippen molar-refractivity contribution in [1.29, 1.82) is 0 Å². The molecule has 3 rings (SSSR count). The van der Waals surface area contributed by atoms with Gasteiger partial charge in [-0.05, 0) is 36.8 Å². The summed E-state index contributed by atoms with van der Waals surface area (Å²) in [6, 6.07) is 2.11. The highest BCUT2D eigenvalue weighted by Gasteiger charge is 2.23. The zero-order valence-corrected chi connectivity index (χ0v) is 13.4. The molecule has 0 bridgehead atoms. The number of nitrogens with zero attached hydrogens (tertiary/aromatic N) is 2. The molecule has 0 spiro atoms. The van der Waals surface area contributed by atoms with Crippen molar-refractivity contribution in [2.45, 2.75) is 39.2 Å². The second-order valence-electron chi connectivity index (χ2n) is 5.77. The molecule has 0 fully saturated rings. The van der Waals surface area contributed by atoms with E-state index in [1.165, 1.54) is 23.3 Å². The molecule has 1 atom stereocenters. The molecule has 0 saturated carbocycles. The van der Waals surface area contributed by atoms with Crippen molar-refractivity contribution in [3.63, 3.8) is 0 Å². The van der Waals surface area contributed by atoms with Gasteiger partial charge >= 0.3 is 0 Å². The Morgan fingerprint density at radius 1 is 1.57 bits per heavy atom. The van der Waals surface area contributed by atoms with E-state index >= 15 is 0 Å². The van der Waals surface area contributed by atoms with Gasteiger partial charge in [-0.2, -0.15) is 0 Å². The summed E-state index contributed by atoms with van der Waals surface area (Å²) >= 11 is 1.68. The van der Waals surface area contributed by atoms with Gasteiger partial charge in [-0.25, -0.2) is 4.98 Å². The van der Waals surface area contributed by atoms with Gasteiger partial charge in [-0.1, -0.05) is 13.3 Å². The van der Waals surface area contributed by atoms with Crippen LogP contribution in [0.1, 0.15) is 45.7 Å². The van der Waals surface area contributed by atoms with E-state index in [0.29, 0.717) is 6.54 Å². The maximum absolute atomic E-state index is 12.5. The van der Waals surface area contributed by atoms with Crippen LogP contribution in [-0.4, -0.2) is 27.8 Å². The maximum atomic E-state index is 12.5. The number of imidazole rings is 1. The third kappa shape index (κ3) is 3.02. The third-order valence-corrected chi connectivity index (χ3v) is 5.49. The Kier molecular flexibility index (Phi) is 4.10. The molecule has 0 radical (unpaired) electrons. The van der Waals surface area contributed by atoms with E-state index in [0.717, 1.165) is 29.5 Å². The van der Waals surface area contributed by atoms with E-state index in [4.69, 9.17) is 0 Å². The number of thiophene rings is 1. The van der Waals surface area contributed by atoms with Crippen LogP contribution in [0.4, 0.5) is 0 Å². The monoisotopic (exact) mass is 303 g/mol. The van der Waals surface area contributed by atoms with Gasteiger partial charge in [0.25, 0.3) is 5.91 Å². The summed E-state index contributed by atoms with van der Waals surface area (Å²) in [7, 11) is 1.83. The number of hydrogen-bond donors (Lipinski definition) is 1. The number of carbonyl (C=O) groups is 1. The van der Waals surface area contributed by atoms with Crippen LogP contribution in [0.2, 0.25) is 0 Å². The molecule has 5 heteroatoms. The van der Waals surface area contributed by atoms with E-state index in [2.05, 4.69) is 23.0 Å². The smallest absolute Gasteiger partial charge is 0.264 e. The average Bonchev–Trinajstić information content (AvgIpc) is 3.14. The molecule has 2 heterocycles. The molecule has 0 aliphatic heterocycles. The summed E-state index contributed by atoms with van der Waals surface area (Å²) in [5.41, 5.74) is 1.40. The molecule has 4 nitrogen and oxygen atoms in total. The first kappa shape index (κ1) is 14.3. The van der Waals surface area contributed by atoms with Crippen molar-refractivity contribution in [1.82, 2.24) is 14.9 Å². The van der Waals surface area contributed by atoms with Crippen LogP contribution in [0, 0.1) is 5.92 Å². The number of aromatic nitrogens is 2. The van der Waals surface area contributed by atoms with Crippen LogP contribution in [0.3, 0.4) is 0 Å². The highest BCUT2D eigenvalue weighted by Crippen LogP contribution is 2.34. The molecule has 0 aromatic carbocycles. The molecule has 1 unspecified atom stereocenters. The highest BCUT2D eigenvalue weighted by molar-refractivity contribution is 7.14. The summed E-state index contributed by atoms with van der Waals surface area (Å²) in [5, 5.41) is 0. The Morgan fingerprint density at radius 2 is 2.43 bits per heavy atom. The first-order valence-corrected chi connectivity index (χ1v) is 8.34. The van der Waals surface area contributed by atoms with Crippen LogP contribution >= 0.6 is 11.3 Å². The van der Waals surface area contributed by atoms with Crippen molar-refractivity contribution in [2.75, 3.05) is 7.05 Å². The van der Waals surface area contributed by atoms with E-state index in [-0.39, 0.29) is 5.91 Å². The number of H-pyrrole nitrogens is 1. The van der Waals surface area contributed by atoms with Crippen molar-refractivity contribution in [3.8, 4) is 0 Å². The lowest BCUT2D eigenvalue weighted by atomic mass is 9.87. The molecule has 1 aliphatic carbocycles. The van der Waals surface area contributed by atoms with Crippen LogP contribution < -0.4 is 0 Å². The van der Waals surface area contributed by atoms with Crippen LogP contribution in [0.25, 0.3) is 0 Å². The molecule has 2 aromatic heterocycles. The zero-order valence-electron chi connectivity index (χ0n) is 12.6. The van der Waals surface area contributed by atoms with Crippen molar-refractivity contribution in [3.05, 3.63) is 39.6 Å². The zero-order chi connectivity index (χ0) is 14.8. The van der Waals surface area contributed by atoms with Crippen molar-refractivity contribution in [2.24, 2.45) is 5.92 Å². The van der Waals surface area contributed by atoms with Gasteiger partial charge in [0, 0.05) is 24.3 Å². The lowest BCUT2D eigenvalue weighted by Gasteiger charge is -2.19. The molecule has 1 amide bonds. The number of hydrogen-bond acceptors (Lipinski definition) is 3. The minimum Gasteiger partial charge on any atom is -0.347 e. The number of amides is 1. The predicted molar refractivity (Wildman–Crippen MR) is 84.5 cm³/mol. The lowest BCUT2D eigenvalue weighted by Crippen LogP contribution is -2.25. The van der Waals surface area contributed by atoms with Crippen molar-refractivity contribution >= 4 is 17.2 Å². The molecule has 1 N–H and O–H groups in total. The Labute approximate surface area is 129 Å². The molecule has 2 aromatic rings. The van der Waals surface area contributed by atoms with E-state index in [1.54, 1.807) is 28.6 Å². The Morgan fingerprint density at radius 3 is 3.14 bits per heavy atom. The number of fused-ring (bicyclic) bond motifs is 1. The van der Waals surface area contributed by atoms with Crippen LogP contribution in [0.5, 0.6) is 0 Å². The number of aryl methyl sites for hydroxylation is 1. The van der Waals surface area contributed by atoms with Crippen molar-refractivity contribution < 1.29 is 4.79 Å². The Hall–Kier alpha value is -1.62. The summed E-state index contributed by atoms with van der Waals surface area (Å²) in [6.07, 6.45) is 8.26. The molecular formula is C16H21N3OS. The second-order valence-corrected chi connectivity index (χ2v) is 6.91. The van der Waals surface area contributed by atoms with E-state index in [1.807, 2.05) is 7.05 Å². The summed E-state index contributed by atoms with van der Waals surface area (Å²) < 4.78 is 0. The summed E-state index contributed by atoms with van der Waals surface area (Å²) in [5.74, 6) is 1.70. The van der Waals surface area contributed by atoms with E-state index in [9.17, 15) is 4.79 Å². The van der Waals surface area contributed by atoms with Gasteiger partial charge in [0.05, 0.1) is 11.4 Å². The first-order chi connectivity index (χ1) is 10.2. The molecule has 1 aliphatic rings. The maximum Gasteiger partial charge on any atom is 0.264 e. The predicted octanol–water partition coefficient (Wildman–Crippen LogP) is 3.26. The number of aromatic amines is 1. The normalized spacial score (nSPS) is 17.5. The average molecular weight is 303 g/mol. The molecule has 112 valence electrons. The van der Waals surface area contributed by atoms with Gasteiger partial charge in [-0.15, -0.1) is 11.3 Å². The summed E-state index contributed by atoms with van der Waals surface area (Å²) in [4.78, 5) is 23.7. The third-order valence-electron chi connectivity index (χ3n) is 4.26. The lowest BCUT2D eigenvalue weighted by molar-refractivity contribution is 0.0786. The van der Waals surface area contributed by atoms with Crippen LogP contribution in [0.15, 0.2) is 18.5 Å². The topological polar surface area (TPSA) is 49.0 Å². The SMILES string of the molecule is CCC1CCc2sc(C(=O)N(C)Cc3ncc[nH]3)cc2C1. The fourth-order valence-electron chi connectivity index (χ4n) is 2.92. The van der Waals surface area contributed by atoms with Gasteiger partial charge in [0.1, 0.15) is 5.82 Å². The van der Waals surface area contributed by atoms with Crippen LogP contribution in [-0.2, 0) is 19.4 Å². The standard InChI is InChI=1S/C16H21N3OS/c1-3-11-4-5-13-12(8-11)9-14(21-13)16(20)19(2)10-15-17-6-7-18-15/h6-7,9,11H,3-5,8,10H2,1-2H3,(H,17,18). The fourth-order valence-corrected chi connectivity index (χ4v) is 4.13. The minimum atomic E-state index is 0.0962. The highest BCUT2D eigenvalue weighted by atomic mass is 32.1.